The number of carbonyl (C=O) groups is 1. The van der Waals surface area contributed by atoms with Crippen LogP contribution in [0.3, 0.4) is 0 Å². The molecule has 21 heavy (non-hydrogen) atoms. The van der Waals surface area contributed by atoms with Gasteiger partial charge in [-0.25, -0.2) is 0 Å². The van der Waals surface area contributed by atoms with E-state index in [0.29, 0.717) is 5.56 Å². The van der Waals surface area contributed by atoms with Gasteiger partial charge in [0.2, 0.25) is 0 Å². The van der Waals surface area contributed by atoms with Crippen LogP contribution >= 0.6 is 15.9 Å². The molecule has 0 N–H and O–H groups in total. The van der Waals surface area contributed by atoms with Crippen LogP contribution in [0.2, 0.25) is 0 Å². The van der Waals surface area contributed by atoms with Gasteiger partial charge in [-0.05, 0) is 12.1 Å². The molecule has 1 aromatic heterocycles. The number of nitrogens with zero attached hydrogens (tertiary/aromatic N) is 3. The van der Waals surface area contributed by atoms with Crippen molar-refractivity contribution in [2.75, 3.05) is 38.1 Å². The highest BCUT2D eigenvalue weighted by Crippen LogP contribution is 2.18. The zero-order chi connectivity index (χ0) is 14.7. The number of pyridine rings is 1. The number of alkyl halides is 1. The van der Waals surface area contributed by atoms with E-state index in [0.717, 1.165) is 49.0 Å². The summed E-state index contributed by atoms with van der Waals surface area (Å²) in [5.41, 5.74) is 1.51. The number of benzene rings is 1. The highest BCUT2D eigenvalue weighted by Gasteiger charge is 2.23. The van der Waals surface area contributed by atoms with Crippen molar-refractivity contribution in [3.63, 3.8) is 0 Å². The van der Waals surface area contributed by atoms with Crippen molar-refractivity contribution in [2.45, 2.75) is 0 Å². The van der Waals surface area contributed by atoms with Crippen molar-refractivity contribution < 1.29 is 4.79 Å². The summed E-state index contributed by atoms with van der Waals surface area (Å²) in [7, 11) is 0. The third kappa shape index (κ3) is 3.09. The van der Waals surface area contributed by atoms with Gasteiger partial charge in [-0.15, -0.1) is 0 Å². The minimum absolute atomic E-state index is 0.0952. The number of carbonyl (C=O) groups excluding carboxylic acids is 1. The zero-order valence-electron chi connectivity index (χ0n) is 11.8. The topological polar surface area (TPSA) is 36.4 Å². The fourth-order valence-electron chi connectivity index (χ4n) is 2.74. The molecule has 0 bridgehead atoms. The monoisotopic (exact) mass is 347 g/mol. The van der Waals surface area contributed by atoms with Crippen LogP contribution in [-0.4, -0.2) is 58.7 Å². The average Bonchev–Trinajstić information content (AvgIpc) is 2.55. The number of aromatic nitrogens is 1. The molecule has 0 unspecified atom stereocenters. The first kappa shape index (κ1) is 14.5. The number of halogens is 1. The first-order valence-corrected chi connectivity index (χ1v) is 8.33. The Balaban J connectivity index is 1.79. The Morgan fingerprint density at radius 3 is 2.67 bits per heavy atom. The van der Waals surface area contributed by atoms with Gasteiger partial charge in [0.05, 0.1) is 11.1 Å². The fraction of sp³-hybridized carbons (Fsp3) is 0.375. The molecule has 1 aliphatic rings. The van der Waals surface area contributed by atoms with Gasteiger partial charge in [0.15, 0.2) is 0 Å². The standard InChI is InChI=1S/C16H18BrN3O/c17-6-8-19-9-11-20(12-10-19)16(21)14-5-1-3-13-4-2-7-18-15(13)14/h1-5,7H,6,8-12H2. The van der Waals surface area contributed by atoms with Gasteiger partial charge in [-0.1, -0.05) is 34.1 Å². The van der Waals surface area contributed by atoms with Gasteiger partial charge in [0.25, 0.3) is 5.91 Å². The van der Waals surface area contributed by atoms with E-state index in [9.17, 15) is 4.79 Å². The lowest BCUT2D eigenvalue weighted by atomic mass is 10.1. The molecule has 0 atom stereocenters. The molecule has 1 aliphatic heterocycles. The number of piperazine rings is 1. The maximum atomic E-state index is 12.7. The Morgan fingerprint density at radius 2 is 1.90 bits per heavy atom. The number of hydrogen-bond donors (Lipinski definition) is 0. The van der Waals surface area contributed by atoms with Gasteiger partial charge in [0.1, 0.15) is 0 Å². The van der Waals surface area contributed by atoms with E-state index in [1.807, 2.05) is 35.2 Å². The number of amides is 1. The van der Waals surface area contributed by atoms with Crippen LogP contribution in [0.4, 0.5) is 0 Å². The lowest BCUT2D eigenvalue weighted by molar-refractivity contribution is 0.0646. The van der Waals surface area contributed by atoms with Crippen LogP contribution < -0.4 is 0 Å². The third-order valence-electron chi connectivity index (χ3n) is 3.92. The molecule has 2 heterocycles. The van der Waals surface area contributed by atoms with Crippen LogP contribution in [0, 0.1) is 0 Å². The number of fused-ring (bicyclic) bond motifs is 1. The van der Waals surface area contributed by atoms with Crippen molar-refractivity contribution >= 4 is 32.7 Å². The van der Waals surface area contributed by atoms with E-state index < -0.39 is 0 Å². The van der Waals surface area contributed by atoms with Crippen LogP contribution in [-0.2, 0) is 0 Å². The van der Waals surface area contributed by atoms with Gasteiger partial charge in [-0.2, -0.15) is 0 Å². The normalized spacial score (nSPS) is 16.3. The maximum Gasteiger partial charge on any atom is 0.256 e. The first-order chi connectivity index (χ1) is 10.3. The molecule has 0 radical (unpaired) electrons. The Labute approximate surface area is 132 Å². The molecule has 1 fully saturated rings. The number of hydrogen-bond acceptors (Lipinski definition) is 3. The summed E-state index contributed by atoms with van der Waals surface area (Å²) in [6.07, 6.45) is 1.74. The summed E-state index contributed by atoms with van der Waals surface area (Å²) in [5, 5.41) is 2.00. The van der Waals surface area contributed by atoms with Crippen LogP contribution in [0.15, 0.2) is 36.5 Å². The lowest BCUT2D eigenvalue weighted by Gasteiger charge is -2.34. The molecule has 2 aromatic rings. The fourth-order valence-corrected chi connectivity index (χ4v) is 3.24. The Bertz CT molecular complexity index is 633. The van der Waals surface area contributed by atoms with Gasteiger partial charge in [-0.3, -0.25) is 14.7 Å². The maximum absolute atomic E-state index is 12.7. The molecule has 0 spiro atoms. The van der Waals surface area contributed by atoms with E-state index in [1.54, 1.807) is 6.20 Å². The summed E-state index contributed by atoms with van der Waals surface area (Å²) in [5.74, 6) is 0.0952. The van der Waals surface area contributed by atoms with Crippen molar-refractivity contribution in [1.82, 2.24) is 14.8 Å². The summed E-state index contributed by atoms with van der Waals surface area (Å²) in [6.45, 7) is 4.49. The SMILES string of the molecule is O=C(c1cccc2cccnc12)N1CCN(CCBr)CC1. The highest BCUT2D eigenvalue weighted by molar-refractivity contribution is 9.09. The van der Waals surface area contributed by atoms with Gasteiger partial charge >= 0.3 is 0 Å². The van der Waals surface area contributed by atoms with E-state index in [2.05, 4.69) is 25.8 Å². The van der Waals surface area contributed by atoms with Crippen molar-refractivity contribution in [3.05, 3.63) is 42.1 Å². The molecule has 0 saturated carbocycles. The second kappa shape index (κ2) is 6.54. The molecule has 110 valence electrons. The zero-order valence-corrected chi connectivity index (χ0v) is 13.4. The molecule has 1 saturated heterocycles. The Hall–Kier alpha value is -1.46. The van der Waals surface area contributed by atoms with Crippen molar-refractivity contribution in [3.8, 4) is 0 Å². The minimum atomic E-state index is 0.0952. The summed E-state index contributed by atoms with van der Waals surface area (Å²) >= 11 is 3.46. The molecule has 0 aliphatic carbocycles. The largest absolute Gasteiger partial charge is 0.336 e. The number of rotatable bonds is 3. The third-order valence-corrected chi connectivity index (χ3v) is 4.28. The summed E-state index contributed by atoms with van der Waals surface area (Å²) < 4.78 is 0. The molecule has 5 heteroatoms. The van der Waals surface area contributed by atoms with Crippen LogP contribution in [0.1, 0.15) is 10.4 Å². The second-order valence-corrected chi connectivity index (χ2v) is 6.00. The van der Waals surface area contributed by atoms with E-state index in [-0.39, 0.29) is 5.91 Å². The van der Waals surface area contributed by atoms with E-state index in [4.69, 9.17) is 0 Å². The smallest absolute Gasteiger partial charge is 0.256 e. The van der Waals surface area contributed by atoms with Crippen LogP contribution in [0.5, 0.6) is 0 Å². The predicted octanol–water partition coefficient (Wildman–Crippen LogP) is 2.39. The highest BCUT2D eigenvalue weighted by atomic mass is 79.9. The van der Waals surface area contributed by atoms with Gasteiger partial charge in [0, 0.05) is 49.6 Å². The number of para-hydroxylation sites is 1. The lowest BCUT2D eigenvalue weighted by Crippen LogP contribution is -2.49. The molecule has 1 aromatic carbocycles. The summed E-state index contributed by atoms with van der Waals surface area (Å²) in [4.78, 5) is 21.4. The first-order valence-electron chi connectivity index (χ1n) is 7.21. The molecule has 4 nitrogen and oxygen atoms in total. The Kier molecular flexibility index (Phi) is 4.51. The predicted molar refractivity (Wildman–Crippen MR) is 87.9 cm³/mol. The second-order valence-electron chi connectivity index (χ2n) is 5.20. The van der Waals surface area contributed by atoms with Gasteiger partial charge < -0.3 is 4.90 Å². The molecule has 3 rings (SSSR count). The minimum Gasteiger partial charge on any atom is -0.336 e. The molecular formula is C16H18BrN3O. The van der Waals surface area contributed by atoms with Crippen molar-refractivity contribution in [1.29, 1.82) is 0 Å². The molecule has 1 amide bonds. The van der Waals surface area contributed by atoms with E-state index >= 15 is 0 Å². The van der Waals surface area contributed by atoms with Crippen molar-refractivity contribution in [2.24, 2.45) is 0 Å². The van der Waals surface area contributed by atoms with Crippen LogP contribution in [0.25, 0.3) is 10.9 Å². The quantitative estimate of drug-likeness (QED) is 0.800. The average molecular weight is 348 g/mol. The molecular weight excluding hydrogens is 330 g/mol. The Morgan fingerprint density at radius 1 is 1.14 bits per heavy atom. The van der Waals surface area contributed by atoms with E-state index in [1.165, 1.54) is 0 Å². The summed E-state index contributed by atoms with van der Waals surface area (Å²) in [6, 6.07) is 9.69.